The van der Waals surface area contributed by atoms with Crippen LogP contribution >= 0.6 is 0 Å². The molecule has 0 aliphatic carbocycles. The second kappa shape index (κ2) is 6.23. The van der Waals surface area contributed by atoms with Crippen molar-refractivity contribution in [3.05, 3.63) is 47.4 Å². The van der Waals surface area contributed by atoms with E-state index in [-0.39, 0.29) is 23.5 Å². The van der Waals surface area contributed by atoms with Crippen LogP contribution in [-0.4, -0.2) is 40.2 Å². The van der Waals surface area contributed by atoms with Crippen LogP contribution in [0.3, 0.4) is 0 Å². The van der Waals surface area contributed by atoms with Crippen molar-refractivity contribution >= 4 is 32.3 Å². The minimum atomic E-state index is -3.00. The number of benzene rings is 1. The Kier molecular flexibility index (Phi) is 4.10. The van der Waals surface area contributed by atoms with Gasteiger partial charge in [-0.05, 0) is 26.3 Å². The maximum Gasteiger partial charge on any atom is 0.257 e. The predicted octanol–water partition coefficient (Wildman–Crippen LogP) is 2.60. The molecule has 1 atom stereocenters. The zero-order valence-electron chi connectivity index (χ0n) is 15.6. The van der Waals surface area contributed by atoms with E-state index in [4.69, 9.17) is 0 Å². The molecule has 1 aliphatic heterocycles. The quantitative estimate of drug-likeness (QED) is 0.750. The smallest absolute Gasteiger partial charge is 0.257 e. The monoisotopic (exact) mass is 386 g/mol. The number of para-hydroxylation sites is 1. The van der Waals surface area contributed by atoms with Gasteiger partial charge in [0, 0.05) is 24.1 Å². The van der Waals surface area contributed by atoms with Crippen LogP contribution in [0, 0.1) is 13.8 Å². The molecule has 8 heteroatoms. The van der Waals surface area contributed by atoms with Gasteiger partial charge in [-0.3, -0.25) is 9.48 Å². The molecule has 1 aliphatic rings. The highest BCUT2D eigenvalue weighted by Crippen LogP contribution is 2.30. The first kappa shape index (κ1) is 17.8. The SMILES string of the molecule is Cc1nn(C2CCS(=O)(=O)C2)c(C)c1NC(=O)c1cn(C)c2ccccc12. The van der Waals surface area contributed by atoms with Gasteiger partial charge >= 0.3 is 0 Å². The van der Waals surface area contributed by atoms with E-state index < -0.39 is 9.84 Å². The maximum atomic E-state index is 12.9. The fraction of sp³-hybridized carbons (Fsp3) is 0.368. The Bertz CT molecular complexity index is 1160. The van der Waals surface area contributed by atoms with Crippen molar-refractivity contribution in [2.45, 2.75) is 26.3 Å². The number of amides is 1. The lowest BCUT2D eigenvalue weighted by molar-refractivity contribution is 0.102. The Hall–Kier alpha value is -2.61. The number of hydrogen-bond donors (Lipinski definition) is 1. The highest BCUT2D eigenvalue weighted by atomic mass is 32.2. The predicted molar refractivity (Wildman–Crippen MR) is 105 cm³/mol. The number of nitrogens with one attached hydrogen (secondary N) is 1. The normalized spacial score (nSPS) is 18.9. The Balaban J connectivity index is 1.66. The highest BCUT2D eigenvalue weighted by molar-refractivity contribution is 7.91. The van der Waals surface area contributed by atoms with E-state index in [9.17, 15) is 13.2 Å². The third-order valence-electron chi connectivity index (χ3n) is 5.26. The molecule has 1 unspecified atom stereocenters. The molecule has 1 amide bonds. The van der Waals surface area contributed by atoms with Crippen LogP contribution in [0.2, 0.25) is 0 Å². The molecule has 3 heterocycles. The Morgan fingerprint density at radius 1 is 1.26 bits per heavy atom. The molecule has 2 aromatic heterocycles. The first-order chi connectivity index (χ1) is 12.8. The van der Waals surface area contributed by atoms with Gasteiger partial charge in [-0.25, -0.2) is 8.42 Å². The number of fused-ring (bicyclic) bond motifs is 1. The van der Waals surface area contributed by atoms with E-state index in [1.54, 1.807) is 4.68 Å². The van der Waals surface area contributed by atoms with Gasteiger partial charge in [0.15, 0.2) is 9.84 Å². The molecule has 0 radical (unpaired) electrons. The highest BCUT2D eigenvalue weighted by Gasteiger charge is 2.31. The topological polar surface area (TPSA) is 86.0 Å². The molecule has 1 saturated heterocycles. The first-order valence-electron chi connectivity index (χ1n) is 8.88. The van der Waals surface area contributed by atoms with Gasteiger partial charge in [-0.15, -0.1) is 0 Å². The van der Waals surface area contributed by atoms with E-state index in [1.807, 2.05) is 55.9 Å². The standard InChI is InChI=1S/C19H22N4O3S/c1-12-18(13(2)23(21-12)14-8-9-27(25,26)11-14)20-19(24)16-10-22(3)17-7-5-4-6-15(16)17/h4-7,10,14H,8-9,11H2,1-3H3,(H,20,24). The largest absolute Gasteiger partial charge is 0.350 e. The molecular weight excluding hydrogens is 364 g/mol. The maximum absolute atomic E-state index is 12.9. The van der Waals surface area contributed by atoms with Crippen LogP contribution in [0.5, 0.6) is 0 Å². The van der Waals surface area contributed by atoms with Gasteiger partial charge in [0.1, 0.15) is 0 Å². The van der Waals surface area contributed by atoms with Crippen molar-refractivity contribution in [1.82, 2.24) is 14.3 Å². The fourth-order valence-corrected chi connectivity index (χ4v) is 5.56. The second-order valence-corrected chi connectivity index (χ2v) is 9.40. The van der Waals surface area contributed by atoms with Gasteiger partial charge in [0.2, 0.25) is 0 Å². The summed E-state index contributed by atoms with van der Waals surface area (Å²) in [5.74, 6) is 0.0935. The Morgan fingerprint density at radius 2 is 2.00 bits per heavy atom. The summed E-state index contributed by atoms with van der Waals surface area (Å²) in [7, 11) is -1.09. The van der Waals surface area contributed by atoms with Gasteiger partial charge in [0.05, 0.1) is 40.2 Å². The Labute approximate surface area is 157 Å². The lowest BCUT2D eigenvalue weighted by Crippen LogP contribution is -2.15. The molecule has 0 spiro atoms. The molecule has 1 fully saturated rings. The van der Waals surface area contributed by atoms with Crippen LogP contribution in [0.15, 0.2) is 30.5 Å². The molecular formula is C19H22N4O3S. The minimum Gasteiger partial charge on any atom is -0.350 e. The second-order valence-electron chi connectivity index (χ2n) is 7.17. The number of rotatable bonds is 3. The van der Waals surface area contributed by atoms with E-state index in [0.717, 1.165) is 16.6 Å². The number of sulfone groups is 1. The van der Waals surface area contributed by atoms with E-state index >= 15 is 0 Å². The van der Waals surface area contributed by atoms with Gasteiger partial charge in [-0.1, -0.05) is 18.2 Å². The van der Waals surface area contributed by atoms with Crippen LogP contribution in [0.1, 0.15) is 34.2 Å². The summed E-state index contributed by atoms with van der Waals surface area (Å²) in [5.41, 5.74) is 3.71. The molecule has 0 bridgehead atoms. The number of aromatic nitrogens is 3. The summed E-state index contributed by atoms with van der Waals surface area (Å²) in [5, 5.41) is 8.37. The van der Waals surface area contributed by atoms with Crippen LogP contribution < -0.4 is 5.32 Å². The first-order valence-corrected chi connectivity index (χ1v) is 10.7. The molecule has 1 N–H and O–H groups in total. The van der Waals surface area contributed by atoms with Crippen molar-refractivity contribution in [3.8, 4) is 0 Å². The molecule has 7 nitrogen and oxygen atoms in total. The van der Waals surface area contributed by atoms with Gasteiger partial charge in [-0.2, -0.15) is 5.10 Å². The summed E-state index contributed by atoms with van der Waals surface area (Å²) in [6, 6.07) is 7.58. The van der Waals surface area contributed by atoms with Crippen molar-refractivity contribution in [2.75, 3.05) is 16.8 Å². The number of hydrogen-bond acceptors (Lipinski definition) is 4. The van der Waals surface area contributed by atoms with Crippen molar-refractivity contribution in [2.24, 2.45) is 7.05 Å². The zero-order chi connectivity index (χ0) is 19.3. The minimum absolute atomic E-state index is 0.103. The van der Waals surface area contributed by atoms with E-state index in [1.165, 1.54) is 0 Å². The van der Waals surface area contributed by atoms with Crippen LogP contribution in [0.4, 0.5) is 5.69 Å². The molecule has 142 valence electrons. The third-order valence-corrected chi connectivity index (χ3v) is 7.01. The van der Waals surface area contributed by atoms with Crippen LogP contribution in [-0.2, 0) is 16.9 Å². The molecule has 0 saturated carbocycles. The third kappa shape index (κ3) is 3.03. The lowest BCUT2D eigenvalue weighted by Gasteiger charge is -2.11. The number of nitrogens with zero attached hydrogens (tertiary/aromatic N) is 3. The summed E-state index contributed by atoms with van der Waals surface area (Å²) in [4.78, 5) is 12.9. The van der Waals surface area contributed by atoms with E-state index in [0.29, 0.717) is 23.4 Å². The molecule has 4 rings (SSSR count). The fourth-order valence-electron chi connectivity index (χ4n) is 3.87. The van der Waals surface area contributed by atoms with E-state index in [2.05, 4.69) is 10.4 Å². The summed E-state index contributed by atoms with van der Waals surface area (Å²) in [6.07, 6.45) is 2.37. The summed E-state index contributed by atoms with van der Waals surface area (Å²) < 4.78 is 27.3. The summed E-state index contributed by atoms with van der Waals surface area (Å²) in [6.45, 7) is 3.69. The lowest BCUT2D eigenvalue weighted by atomic mass is 10.1. The van der Waals surface area contributed by atoms with Crippen molar-refractivity contribution < 1.29 is 13.2 Å². The van der Waals surface area contributed by atoms with Crippen LogP contribution in [0.25, 0.3) is 10.9 Å². The van der Waals surface area contributed by atoms with Crippen molar-refractivity contribution in [3.63, 3.8) is 0 Å². The van der Waals surface area contributed by atoms with Gasteiger partial charge in [0.25, 0.3) is 5.91 Å². The molecule has 3 aromatic rings. The van der Waals surface area contributed by atoms with Crippen molar-refractivity contribution in [1.29, 1.82) is 0 Å². The summed E-state index contributed by atoms with van der Waals surface area (Å²) >= 11 is 0. The molecule has 27 heavy (non-hydrogen) atoms. The number of carbonyl (C=O) groups excluding carboxylic acids is 1. The Morgan fingerprint density at radius 3 is 2.70 bits per heavy atom. The zero-order valence-corrected chi connectivity index (χ0v) is 16.4. The number of aryl methyl sites for hydroxylation is 2. The van der Waals surface area contributed by atoms with Gasteiger partial charge < -0.3 is 9.88 Å². The average molecular weight is 386 g/mol. The number of anilines is 1. The average Bonchev–Trinajstić information content (AvgIpc) is 3.24. The molecule has 1 aromatic carbocycles. The number of carbonyl (C=O) groups is 1.